The zero-order chi connectivity index (χ0) is 17.3. The van der Waals surface area contributed by atoms with Gasteiger partial charge >= 0.3 is 0 Å². The maximum atomic E-state index is 11.8. The van der Waals surface area contributed by atoms with E-state index < -0.39 is 0 Å². The summed E-state index contributed by atoms with van der Waals surface area (Å²) in [6.45, 7) is 0.969. The number of hydrogen-bond donors (Lipinski definition) is 1. The summed E-state index contributed by atoms with van der Waals surface area (Å²) in [5.41, 5.74) is 3.05. The van der Waals surface area contributed by atoms with Gasteiger partial charge in [-0.05, 0) is 17.7 Å². The number of benzene rings is 1. The molecule has 0 aliphatic carbocycles. The van der Waals surface area contributed by atoms with Crippen LogP contribution in [0.4, 0.5) is 23.1 Å². The van der Waals surface area contributed by atoms with E-state index in [1.807, 2.05) is 26.0 Å². The lowest BCUT2D eigenvalue weighted by Gasteiger charge is -2.31. The van der Waals surface area contributed by atoms with Crippen molar-refractivity contribution in [2.75, 3.05) is 54.8 Å². The lowest BCUT2D eigenvalue weighted by Crippen LogP contribution is -2.42. The van der Waals surface area contributed by atoms with E-state index >= 15 is 0 Å². The summed E-state index contributed by atoms with van der Waals surface area (Å²) in [4.78, 5) is 26.2. The molecule has 1 aromatic heterocycles. The SMILES string of the molecule is CN(C)c1ccc(CNc2ncc3c(n2)N(C)CC(=O)N3C)cc1. The largest absolute Gasteiger partial charge is 0.378 e. The molecule has 0 spiro atoms. The second-order valence-corrected chi connectivity index (χ2v) is 6.13. The summed E-state index contributed by atoms with van der Waals surface area (Å²) < 4.78 is 0. The van der Waals surface area contributed by atoms with Crippen LogP contribution in [0.5, 0.6) is 0 Å². The second kappa shape index (κ2) is 6.35. The summed E-state index contributed by atoms with van der Waals surface area (Å²) >= 11 is 0. The molecular formula is C17H22N6O. The van der Waals surface area contributed by atoms with Gasteiger partial charge in [0.2, 0.25) is 11.9 Å². The molecule has 7 heteroatoms. The van der Waals surface area contributed by atoms with Crippen molar-refractivity contribution >= 4 is 29.0 Å². The molecule has 0 fully saturated rings. The Hall–Kier alpha value is -2.83. The smallest absolute Gasteiger partial charge is 0.246 e. The molecule has 126 valence electrons. The molecule has 7 nitrogen and oxygen atoms in total. The third-order valence-electron chi connectivity index (χ3n) is 4.12. The Labute approximate surface area is 141 Å². The number of nitrogens with zero attached hydrogens (tertiary/aromatic N) is 5. The maximum absolute atomic E-state index is 11.8. The van der Waals surface area contributed by atoms with Crippen LogP contribution < -0.4 is 20.0 Å². The molecule has 0 atom stereocenters. The number of carbonyl (C=O) groups excluding carboxylic acids is 1. The van der Waals surface area contributed by atoms with Crippen LogP contribution in [-0.4, -0.2) is 50.6 Å². The standard InChI is InChI=1S/C17H22N6O/c1-21(2)13-7-5-12(6-8-13)9-18-17-19-10-14-16(20-17)22(3)11-15(24)23(14)4/h5-8,10H,9,11H2,1-4H3,(H,18,19,20). The van der Waals surface area contributed by atoms with E-state index in [0.717, 1.165) is 22.8 Å². The number of rotatable bonds is 4. The molecule has 1 amide bonds. The first-order valence-corrected chi connectivity index (χ1v) is 7.80. The number of anilines is 4. The van der Waals surface area contributed by atoms with Crippen molar-refractivity contribution in [3.8, 4) is 0 Å². The van der Waals surface area contributed by atoms with E-state index in [0.29, 0.717) is 19.0 Å². The van der Waals surface area contributed by atoms with Gasteiger partial charge in [-0.1, -0.05) is 12.1 Å². The van der Waals surface area contributed by atoms with Crippen molar-refractivity contribution in [1.82, 2.24) is 9.97 Å². The molecule has 1 aromatic carbocycles. The number of amides is 1. The Morgan fingerprint density at radius 1 is 1.21 bits per heavy atom. The highest BCUT2D eigenvalue weighted by Crippen LogP contribution is 2.29. The van der Waals surface area contributed by atoms with E-state index in [1.54, 1.807) is 18.1 Å². The summed E-state index contributed by atoms with van der Waals surface area (Å²) in [5, 5.41) is 3.24. The normalized spacial score (nSPS) is 13.8. The molecule has 1 N–H and O–H groups in total. The van der Waals surface area contributed by atoms with Crippen LogP contribution in [0.2, 0.25) is 0 Å². The third-order valence-corrected chi connectivity index (χ3v) is 4.12. The summed E-state index contributed by atoms with van der Waals surface area (Å²) in [7, 11) is 7.65. The van der Waals surface area contributed by atoms with Crippen molar-refractivity contribution in [1.29, 1.82) is 0 Å². The molecule has 3 rings (SSSR count). The first kappa shape index (κ1) is 16.0. The van der Waals surface area contributed by atoms with Gasteiger partial charge in [0.25, 0.3) is 0 Å². The van der Waals surface area contributed by atoms with Crippen LogP contribution in [0.1, 0.15) is 5.56 Å². The highest BCUT2D eigenvalue weighted by Gasteiger charge is 2.26. The predicted octanol–water partition coefficient (Wildman–Crippen LogP) is 1.57. The molecule has 2 aromatic rings. The van der Waals surface area contributed by atoms with Gasteiger partial charge in [-0.3, -0.25) is 4.79 Å². The second-order valence-electron chi connectivity index (χ2n) is 6.13. The molecular weight excluding hydrogens is 304 g/mol. The fourth-order valence-electron chi connectivity index (χ4n) is 2.58. The van der Waals surface area contributed by atoms with Crippen LogP contribution in [0.3, 0.4) is 0 Å². The first-order valence-electron chi connectivity index (χ1n) is 7.80. The van der Waals surface area contributed by atoms with Gasteiger partial charge in [0.05, 0.1) is 12.7 Å². The van der Waals surface area contributed by atoms with E-state index in [-0.39, 0.29) is 5.91 Å². The van der Waals surface area contributed by atoms with Crippen molar-refractivity contribution in [3.63, 3.8) is 0 Å². The van der Waals surface area contributed by atoms with Crippen molar-refractivity contribution in [2.45, 2.75) is 6.54 Å². The average Bonchev–Trinajstić information content (AvgIpc) is 2.58. The lowest BCUT2D eigenvalue weighted by molar-refractivity contribution is -0.117. The number of aromatic nitrogens is 2. The quantitative estimate of drug-likeness (QED) is 0.920. The van der Waals surface area contributed by atoms with Gasteiger partial charge in [-0.25, -0.2) is 4.98 Å². The first-order chi connectivity index (χ1) is 11.5. The lowest BCUT2D eigenvalue weighted by atomic mass is 10.2. The summed E-state index contributed by atoms with van der Waals surface area (Å²) in [5.74, 6) is 1.35. The Morgan fingerprint density at radius 2 is 1.92 bits per heavy atom. The number of carbonyl (C=O) groups is 1. The maximum Gasteiger partial charge on any atom is 0.246 e. The van der Waals surface area contributed by atoms with Crippen LogP contribution >= 0.6 is 0 Å². The highest BCUT2D eigenvalue weighted by molar-refractivity contribution is 6.01. The summed E-state index contributed by atoms with van der Waals surface area (Å²) in [6.07, 6.45) is 1.69. The van der Waals surface area contributed by atoms with E-state index in [2.05, 4.69) is 44.5 Å². The van der Waals surface area contributed by atoms with E-state index in [1.165, 1.54) is 0 Å². The van der Waals surface area contributed by atoms with Gasteiger partial charge in [-0.2, -0.15) is 4.98 Å². The van der Waals surface area contributed by atoms with Gasteiger partial charge in [0.1, 0.15) is 5.69 Å². The van der Waals surface area contributed by atoms with Crippen LogP contribution in [0, 0.1) is 0 Å². The Bertz CT molecular complexity index is 743. The topological polar surface area (TPSA) is 64.6 Å². The number of likely N-dealkylation sites (N-methyl/N-ethyl adjacent to an activating group) is 2. The number of nitrogens with one attached hydrogen (secondary N) is 1. The van der Waals surface area contributed by atoms with Gasteiger partial charge in [-0.15, -0.1) is 0 Å². The summed E-state index contributed by atoms with van der Waals surface area (Å²) in [6, 6.07) is 8.33. The van der Waals surface area contributed by atoms with Crippen LogP contribution in [0.15, 0.2) is 30.5 Å². The molecule has 0 saturated heterocycles. The molecule has 24 heavy (non-hydrogen) atoms. The van der Waals surface area contributed by atoms with E-state index in [4.69, 9.17) is 0 Å². The van der Waals surface area contributed by atoms with Crippen molar-refractivity contribution in [2.24, 2.45) is 0 Å². The minimum Gasteiger partial charge on any atom is -0.378 e. The molecule has 0 saturated carbocycles. The highest BCUT2D eigenvalue weighted by atomic mass is 16.2. The zero-order valence-electron chi connectivity index (χ0n) is 14.4. The Kier molecular flexibility index (Phi) is 4.24. The van der Waals surface area contributed by atoms with Gasteiger partial charge in [0.15, 0.2) is 5.82 Å². The fraction of sp³-hybridized carbons (Fsp3) is 0.353. The van der Waals surface area contributed by atoms with Crippen LogP contribution in [-0.2, 0) is 11.3 Å². The minimum atomic E-state index is 0.0373. The fourth-order valence-corrected chi connectivity index (χ4v) is 2.58. The Balaban J connectivity index is 1.72. The zero-order valence-corrected chi connectivity index (χ0v) is 14.4. The molecule has 1 aliphatic heterocycles. The third kappa shape index (κ3) is 3.10. The van der Waals surface area contributed by atoms with E-state index in [9.17, 15) is 4.79 Å². The molecule has 0 bridgehead atoms. The predicted molar refractivity (Wildman–Crippen MR) is 96.8 cm³/mol. The molecule has 2 heterocycles. The molecule has 0 unspecified atom stereocenters. The van der Waals surface area contributed by atoms with Crippen LogP contribution in [0.25, 0.3) is 0 Å². The molecule has 1 aliphatic rings. The molecule has 0 radical (unpaired) electrons. The number of fused-ring (bicyclic) bond motifs is 1. The van der Waals surface area contributed by atoms with Gasteiger partial charge < -0.3 is 20.0 Å². The van der Waals surface area contributed by atoms with Crippen molar-refractivity contribution < 1.29 is 4.79 Å². The average molecular weight is 326 g/mol. The minimum absolute atomic E-state index is 0.0373. The monoisotopic (exact) mass is 326 g/mol. The Morgan fingerprint density at radius 3 is 2.58 bits per heavy atom. The number of hydrogen-bond acceptors (Lipinski definition) is 6. The van der Waals surface area contributed by atoms with Gasteiger partial charge in [0, 0.05) is 40.4 Å². The van der Waals surface area contributed by atoms with Crippen molar-refractivity contribution in [3.05, 3.63) is 36.0 Å².